The number of benzene rings is 2. The SMILES string of the molecule is O=C(NCc1cccc(Oc2ccccc2)c1)c1ccc(F)nc1. The van der Waals surface area contributed by atoms with Crippen molar-refractivity contribution in [3.05, 3.63) is 90.0 Å². The number of amides is 1. The molecule has 0 radical (unpaired) electrons. The molecule has 24 heavy (non-hydrogen) atoms. The Hall–Kier alpha value is -3.21. The predicted octanol–water partition coefficient (Wildman–Crippen LogP) is 3.94. The van der Waals surface area contributed by atoms with Gasteiger partial charge in [0.15, 0.2) is 0 Å². The molecule has 0 bridgehead atoms. The first kappa shape index (κ1) is 15.7. The number of nitrogens with one attached hydrogen (secondary N) is 1. The van der Waals surface area contributed by atoms with Crippen LogP contribution in [0.4, 0.5) is 4.39 Å². The smallest absolute Gasteiger partial charge is 0.253 e. The molecular formula is C19H15FN2O2. The van der Waals surface area contributed by atoms with Gasteiger partial charge in [0.2, 0.25) is 5.95 Å². The first-order chi connectivity index (χ1) is 11.7. The van der Waals surface area contributed by atoms with Crippen molar-refractivity contribution in [1.29, 1.82) is 0 Å². The van der Waals surface area contributed by atoms with Crippen LogP contribution in [0.3, 0.4) is 0 Å². The van der Waals surface area contributed by atoms with Gasteiger partial charge in [0.05, 0.1) is 5.56 Å². The summed E-state index contributed by atoms with van der Waals surface area (Å²) in [5.74, 6) is 0.515. The van der Waals surface area contributed by atoms with Crippen molar-refractivity contribution in [2.24, 2.45) is 0 Å². The molecule has 0 fully saturated rings. The lowest BCUT2D eigenvalue weighted by molar-refractivity contribution is 0.0950. The number of ether oxygens (including phenoxy) is 1. The molecule has 0 saturated carbocycles. The maximum Gasteiger partial charge on any atom is 0.253 e. The van der Waals surface area contributed by atoms with Crippen LogP contribution < -0.4 is 10.1 Å². The molecule has 0 spiro atoms. The molecule has 0 aliphatic heterocycles. The van der Waals surface area contributed by atoms with Gasteiger partial charge in [-0.25, -0.2) is 4.98 Å². The van der Waals surface area contributed by atoms with Crippen LogP contribution in [0.2, 0.25) is 0 Å². The average Bonchev–Trinajstić information content (AvgIpc) is 2.61. The Morgan fingerprint density at radius 1 is 1.00 bits per heavy atom. The van der Waals surface area contributed by atoms with Crippen LogP contribution in [-0.2, 0) is 6.54 Å². The van der Waals surface area contributed by atoms with E-state index in [0.29, 0.717) is 17.9 Å². The zero-order chi connectivity index (χ0) is 16.8. The van der Waals surface area contributed by atoms with Crippen molar-refractivity contribution in [2.45, 2.75) is 6.54 Å². The van der Waals surface area contributed by atoms with E-state index in [2.05, 4.69) is 10.3 Å². The Labute approximate surface area is 138 Å². The van der Waals surface area contributed by atoms with Crippen LogP contribution >= 0.6 is 0 Å². The summed E-state index contributed by atoms with van der Waals surface area (Å²) >= 11 is 0. The molecule has 0 aliphatic rings. The van der Waals surface area contributed by atoms with Gasteiger partial charge in [-0.05, 0) is 42.0 Å². The topological polar surface area (TPSA) is 51.2 Å². The van der Waals surface area contributed by atoms with Gasteiger partial charge in [0.1, 0.15) is 11.5 Å². The van der Waals surface area contributed by atoms with E-state index in [1.807, 2.05) is 54.6 Å². The Balaban J connectivity index is 1.62. The summed E-state index contributed by atoms with van der Waals surface area (Å²) in [6.07, 6.45) is 1.21. The van der Waals surface area contributed by atoms with Gasteiger partial charge >= 0.3 is 0 Å². The number of carbonyl (C=O) groups is 1. The van der Waals surface area contributed by atoms with Gasteiger partial charge in [-0.3, -0.25) is 4.79 Å². The molecular weight excluding hydrogens is 307 g/mol. The van der Waals surface area contributed by atoms with Crippen molar-refractivity contribution in [1.82, 2.24) is 10.3 Å². The monoisotopic (exact) mass is 322 g/mol. The summed E-state index contributed by atoms with van der Waals surface area (Å²) < 4.78 is 18.5. The third-order valence-electron chi connectivity index (χ3n) is 3.32. The summed E-state index contributed by atoms with van der Waals surface area (Å²) in [4.78, 5) is 15.5. The molecule has 120 valence electrons. The van der Waals surface area contributed by atoms with Gasteiger partial charge in [-0.2, -0.15) is 4.39 Å². The van der Waals surface area contributed by atoms with Crippen LogP contribution in [-0.4, -0.2) is 10.9 Å². The fourth-order valence-corrected chi connectivity index (χ4v) is 2.14. The molecule has 1 aromatic heterocycles. The molecule has 0 unspecified atom stereocenters. The van der Waals surface area contributed by atoms with Gasteiger partial charge < -0.3 is 10.1 Å². The van der Waals surface area contributed by atoms with Crippen molar-refractivity contribution < 1.29 is 13.9 Å². The van der Waals surface area contributed by atoms with Crippen LogP contribution in [0.25, 0.3) is 0 Å². The highest BCUT2D eigenvalue weighted by atomic mass is 19.1. The Kier molecular flexibility index (Phi) is 4.81. The molecule has 5 heteroatoms. The Morgan fingerprint density at radius 2 is 1.79 bits per heavy atom. The fraction of sp³-hybridized carbons (Fsp3) is 0.0526. The molecule has 0 atom stereocenters. The summed E-state index contributed by atoms with van der Waals surface area (Å²) in [6.45, 7) is 0.336. The van der Waals surface area contributed by atoms with E-state index in [4.69, 9.17) is 4.74 Å². The number of hydrogen-bond acceptors (Lipinski definition) is 3. The minimum atomic E-state index is -0.614. The van der Waals surface area contributed by atoms with E-state index < -0.39 is 5.95 Å². The van der Waals surface area contributed by atoms with Crippen molar-refractivity contribution in [3.8, 4) is 11.5 Å². The fourth-order valence-electron chi connectivity index (χ4n) is 2.14. The lowest BCUT2D eigenvalue weighted by Crippen LogP contribution is -2.22. The summed E-state index contributed by atoms with van der Waals surface area (Å²) in [6, 6.07) is 19.5. The second-order valence-corrected chi connectivity index (χ2v) is 5.11. The Morgan fingerprint density at radius 3 is 2.54 bits per heavy atom. The van der Waals surface area contributed by atoms with Crippen LogP contribution in [0.5, 0.6) is 11.5 Å². The maximum atomic E-state index is 12.8. The zero-order valence-corrected chi connectivity index (χ0v) is 12.8. The summed E-state index contributed by atoms with van der Waals surface area (Å²) in [7, 11) is 0. The number of pyridine rings is 1. The van der Waals surface area contributed by atoms with Crippen molar-refractivity contribution in [2.75, 3.05) is 0 Å². The van der Waals surface area contributed by atoms with E-state index in [-0.39, 0.29) is 5.91 Å². The number of nitrogens with zero attached hydrogens (tertiary/aromatic N) is 1. The molecule has 1 heterocycles. The first-order valence-electron chi connectivity index (χ1n) is 7.42. The quantitative estimate of drug-likeness (QED) is 0.724. The van der Waals surface area contributed by atoms with E-state index in [1.165, 1.54) is 12.3 Å². The minimum Gasteiger partial charge on any atom is -0.457 e. The number of halogens is 1. The number of carbonyl (C=O) groups excluding carboxylic acids is 1. The van der Waals surface area contributed by atoms with Gasteiger partial charge in [0, 0.05) is 12.7 Å². The number of aromatic nitrogens is 1. The molecule has 1 amide bonds. The van der Waals surface area contributed by atoms with E-state index in [0.717, 1.165) is 17.4 Å². The number of rotatable bonds is 5. The van der Waals surface area contributed by atoms with Crippen LogP contribution in [0.15, 0.2) is 72.9 Å². The highest BCUT2D eigenvalue weighted by Gasteiger charge is 2.06. The van der Waals surface area contributed by atoms with Gasteiger partial charge in [-0.1, -0.05) is 30.3 Å². The van der Waals surface area contributed by atoms with E-state index in [9.17, 15) is 9.18 Å². The largest absolute Gasteiger partial charge is 0.457 e. The minimum absolute atomic E-state index is 0.308. The van der Waals surface area contributed by atoms with E-state index >= 15 is 0 Å². The Bertz CT molecular complexity index is 820. The van der Waals surface area contributed by atoms with Gasteiger partial charge in [0.25, 0.3) is 5.91 Å². The molecule has 3 rings (SSSR count). The molecule has 0 saturated heterocycles. The van der Waals surface area contributed by atoms with E-state index in [1.54, 1.807) is 0 Å². The third-order valence-corrected chi connectivity index (χ3v) is 3.32. The highest BCUT2D eigenvalue weighted by molar-refractivity contribution is 5.93. The van der Waals surface area contributed by atoms with Gasteiger partial charge in [-0.15, -0.1) is 0 Å². The molecule has 2 aromatic carbocycles. The number of para-hydroxylation sites is 1. The second-order valence-electron chi connectivity index (χ2n) is 5.11. The van der Waals surface area contributed by atoms with Crippen LogP contribution in [0.1, 0.15) is 15.9 Å². The molecule has 1 N–H and O–H groups in total. The first-order valence-corrected chi connectivity index (χ1v) is 7.42. The van der Waals surface area contributed by atoms with Crippen molar-refractivity contribution in [3.63, 3.8) is 0 Å². The van der Waals surface area contributed by atoms with Crippen molar-refractivity contribution >= 4 is 5.91 Å². The zero-order valence-electron chi connectivity index (χ0n) is 12.8. The molecule has 0 aliphatic carbocycles. The standard InChI is InChI=1S/C19H15FN2O2/c20-18-10-9-15(13-21-18)19(23)22-12-14-5-4-8-17(11-14)24-16-6-2-1-3-7-16/h1-11,13H,12H2,(H,22,23). The molecule has 4 nitrogen and oxygen atoms in total. The maximum absolute atomic E-state index is 12.8. The second kappa shape index (κ2) is 7.37. The molecule has 3 aromatic rings. The number of hydrogen-bond donors (Lipinski definition) is 1. The third kappa shape index (κ3) is 4.16. The summed E-state index contributed by atoms with van der Waals surface area (Å²) in [5.41, 5.74) is 1.21. The highest BCUT2D eigenvalue weighted by Crippen LogP contribution is 2.21. The summed E-state index contributed by atoms with van der Waals surface area (Å²) in [5, 5.41) is 2.77. The lowest BCUT2D eigenvalue weighted by Gasteiger charge is -2.09. The van der Waals surface area contributed by atoms with Crippen LogP contribution in [0, 0.1) is 5.95 Å². The average molecular weight is 322 g/mol. The lowest BCUT2D eigenvalue weighted by atomic mass is 10.2. The predicted molar refractivity (Wildman–Crippen MR) is 88.3 cm³/mol. The normalized spacial score (nSPS) is 10.2.